The van der Waals surface area contributed by atoms with E-state index in [1.54, 1.807) is 0 Å². The largest absolute Gasteiger partial charge is 0.337 e. The molecule has 0 atom stereocenters. The van der Waals surface area contributed by atoms with Gasteiger partial charge in [0.25, 0.3) is 0 Å². The third-order valence-corrected chi connectivity index (χ3v) is 3.50. The molecule has 1 N–H and O–H groups in total. The Morgan fingerprint density at radius 2 is 1.00 bits per heavy atom. The second-order valence-corrected chi connectivity index (χ2v) is 3.88. The van der Waals surface area contributed by atoms with Gasteiger partial charge in [-0.15, -0.1) is 0 Å². The van der Waals surface area contributed by atoms with E-state index in [1.807, 2.05) is 0 Å². The van der Waals surface area contributed by atoms with Gasteiger partial charge in [-0.05, 0) is 0 Å². The fourth-order valence-corrected chi connectivity index (χ4v) is 1.85. The molecule has 0 aliphatic heterocycles. The van der Waals surface area contributed by atoms with E-state index in [9.17, 15) is 0 Å². The zero-order chi connectivity index (χ0) is 10.2. The van der Waals surface area contributed by atoms with Gasteiger partial charge in [-0.3, -0.25) is 0 Å². The SMILES string of the molecule is OOc1c(Cl)c(Cl)c(Cl)c(Cl)c1Cl. The maximum absolute atomic E-state index is 8.41. The minimum absolute atomic E-state index is 0.0131. The number of halogens is 5. The fraction of sp³-hybridized carbons (Fsp3) is 0. The van der Waals surface area contributed by atoms with Gasteiger partial charge in [-0.25, -0.2) is 5.26 Å². The summed E-state index contributed by atoms with van der Waals surface area (Å²) >= 11 is 28.2. The second-order valence-electron chi connectivity index (χ2n) is 1.99. The van der Waals surface area contributed by atoms with Crippen LogP contribution in [-0.4, -0.2) is 5.26 Å². The first-order chi connectivity index (χ1) is 6.00. The van der Waals surface area contributed by atoms with Crippen LogP contribution in [0.15, 0.2) is 0 Å². The average Bonchev–Trinajstić information content (AvgIpc) is 2.13. The topological polar surface area (TPSA) is 29.5 Å². The number of hydrogen-bond acceptors (Lipinski definition) is 2. The van der Waals surface area contributed by atoms with Gasteiger partial charge in [0.1, 0.15) is 10.0 Å². The zero-order valence-electron chi connectivity index (χ0n) is 5.75. The molecule has 0 aliphatic rings. The summed E-state index contributed by atoms with van der Waals surface area (Å²) in [5.74, 6) is -0.220. The molecule has 0 bridgehead atoms. The van der Waals surface area contributed by atoms with Crippen LogP contribution in [0, 0.1) is 0 Å². The highest BCUT2D eigenvalue weighted by atomic mass is 35.5. The quantitative estimate of drug-likeness (QED) is 0.347. The molecule has 7 heteroatoms. The van der Waals surface area contributed by atoms with Gasteiger partial charge in [0.15, 0.2) is 0 Å². The van der Waals surface area contributed by atoms with E-state index in [0.29, 0.717) is 0 Å². The predicted octanol–water partition coefficient (Wildman–Crippen LogP) is 4.81. The lowest BCUT2D eigenvalue weighted by atomic mass is 10.3. The van der Waals surface area contributed by atoms with Crippen molar-refractivity contribution in [1.82, 2.24) is 0 Å². The van der Waals surface area contributed by atoms with Crippen LogP contribution < -0.4 is 4.89 Å². The van der Waals surface area contributed by atoms with Crippen molar-refractivity contribution in [2.75, 3.05) is 0 Å². The van der Waals surface area contributed by atoms with Crippen LogP contribution in [0.3, 0.4) is 0 Å². The van der Waals surface area contributed by atoms with Crippen LogP contribution >= 0.6 is 58.0 Å². The summed E-state index contributed by atoms with van der Waals surface area (Å²) < 4.78 is 0. The minimum Gasteiger partial charge on any atom is -0.337 e. The van der Waals surface area contributed by atoms with E-state index in [2.05, 4.69) is 4.89 Å². The first kappa shape index (κ1) is 11.5. The fourth-order valence-electron chi connectivity index (χ4n) is 0.665. The summed E-state index contributed by atoms with van der Waals surface area (Å²) in [5, 5.41) is 8.18. The van der Waals surface area contributed by atoms with E-state index in [4.69, 9.17) is 63.3 Å². The standard InChI is InChI=1S/C6HCl5O2/c7-1-2(8)4(10)6(13-12)5(11)3(1)9/h12H. The molecule has 0 saturated carbocycles. The maximum atomic E-state index is 8.41. The molecular weight excluding hydrogens is 281 g/mol. The molecule has 1 aromatic rings. The number of rotatable bonds is 1. The van der Waals surface area contributed by atoms with Crippen molar-refractivity contribution in [3.63, 3.8) is 0 Å². The van der Waals surface area contributed by atoms with Gasteiger partial charge in [-0.2, -0.15) is 0 Å². The monoisotopic (exact) mass is 280 g/mol. The first-order valence-corrected chi connectivity index (χ1v) is 4.72. The van der Waals surface area contributed by atoms with Crippen molar-refractivity contribution in [3.05, 3.63) is 25.1 Å². The highest BCUT2D eigenvalue weighted by Gasteiger charge is 2.20. The van der Waals surface area contributed by atoms with E-state index in [1.165, 1.54) is 0 Å². The molecule has 2 nitrogen and oxygen atoms in total. The van der Waals surface area contributed by atoms with E-state index < -0.39 is 0 Å². The summed E-state index contributed by atoms with van der Waals surface area (Å²) in [7, 11) is 0. The molecule has 13 heavy (non-hydrogen) atoms. The molecule has 0 aliphatic carbocycles. The average molecular weight is 282 g/mol. The molecule has 72 valence electrons. The lowest BCUT2D eigenvalue weighted by molar-refractivity contribution is -0.137. The Balaban J connectivity index is 3.56. The van der Waals surface area contributed by atoms with Crippen molar-refractivity contribution < 1.29 is 10.1 Å². The maximum Gasteiger partial charge on any atom is 0.205 e. The van der Waals surface area contributed by atoms with Gasteiger partial charge in [0, 0.05) is 0 Å². The van der Waals surface area contributed by atoms with E-state index in [0.717, 1.165) is 0 Å². The van der Waals surface area contributed by atoms with Gasteiger partial charge in [-0.1, -0.05) is 58.0 Å². The third kappa shape index (κ3) is 1.94. The lowest BCUT2D eigenvalue weighted by Gasteiger charge is -2.08. The molecule has 0 aromatic heterocycles. The highest BCUT2D eigenvalue weighted by molar-refractivity contribution is 6.55. The minimum atomic E-state index is -0.220. The molecule has 0 spiro atoms. The van der Waals surface area contributed by atoms with E-state index in [-0.39, 0.29) is 30.9 Å². The molecule has 0 radical (unpaired) electrons. The van der Waals surface area contributed by atoms with Crippen LogP contribution in [0.2, 0.25) is 25.1 Å². The van der Waals surface area contributed by atoms with Crippen LogP contribution in [0.1, 0.15) is 0 Å². The zero-order valence-corrected chi connectivity index (χ0v) is 9.52. The normalized spacial score (nSPS) is 10.3. The molecular formula is C6HCl5O2. The highest BCUT2D eigenvalue weighted by Crippen LogP contribution is 2.47. The Morgan fingerprint density at radius 3 is 1.31 bits per heavy atom. The Kier molecular flexibility index (Phi) is 3.81. The predicted molar refractivity (Wildman–Crippen MR) is 54.7 cm³/mol. The molecule has 0 unspecified atom stereocenters. The van der Waals surface area contributed by atoms with Gasteiger partial charge >= 0.3 is 0 Å². The summed E-state index contributed by atoms with van der Waals surface area (Å²) in [6, 6.07) is 0. The number of benzene rings is 1. The van der Waals surface area contributed by atoms with Crippen LogP contribution in [0.25, 0.3) is 0 Å². The van der Waals surface area contributed by atoms with Gasteiger partial charge < -0.3 is 4.89 Å². The Morgan fingerprint density at radius 1 is 0.692 bits per heavy atom. The first-order valence-electron chi connectivity index (χ1n) is 2.83. The van der Waals surface area contributed by atoms with Crippen LogP contribution in [0.4, 0.5) is 0 Å². The molecule has 0 heterocycles. The summed E-state index contributed by atoms with van der Waals surface area (Å²) in [4.78, 5) is 3.90. The Bertz CT molecular complexity index is 322. The Labute approximate surface area is 98.8 Å². The summed E-state index contributed by atoms with van der Waals surface area (Å²) in [5.41, 5.74) is 0. The molecule has 0 amide bonds. The smallest absolute Gasteiger partial charge is 0.205 e. The molecule has 1 aromatic carbocycles. The van der Waals surface area contributed by atoms with Gasteiger partial charge in [0.05, 0.1) is 15.1 Å². The van der Waals surface area contributed by atoms with Crippen molar-refractivity contribution >= 4 is 58.0 Å². The van der Waals surface area contributed by atoms with Crippen molar-refractivity contribution in [1.29, 1.82) is 0 Å². The second kappa shape index (κ2) is 4.30. The summed E-state index contributed by atoms with van der Waals surface area (Å²) in [6.45, 7) is 0. The number of hydrogen-bond donors (Lipinski definition) is 1. The van der Waals surface area contributed by atoms with Crippen molar-refractivity contribution in [2.24, 2.45) is 0 Å². The van der Waals surface area contributed by atoms with Crippen molar-refractivity contribution in [3.8, 4) is 5.75 Å². The van der Waals surface area contributed by atoms with Crippen LogP contribution in [-0.2, 0) is 0 Å². The van der Waals surface area contributed by atoms with Crippen LogP contribution in [0.5, 0.6) is 5.75 Å². The molecule has 0 saturated heterocycles. The molecule has 0 fully saturated rings. The van der Waals surface area contributed by atoms with Gasteiger partial charge in [0.2, 0.25) is 5.75 Å². The van der Waals surface area contributed by atoms with Crippen molar-refractivity contribution in [2.45, 2.75) is 0 Å². The lowest BCUT2D eigenvalue weighted by Crippen LogP contribution is -1.89. The Hall–Kier alpha value is 0.430. The summed E-state index contributed by atoms with van der Waals surface area (Å²) in [6.07, 6.45) is 0. The molecule has 1 rings (SSSR count). The van der Waals surface area contributed by atoms with E-state index >= 15 is 0 Å². The third-order valence-electron chi connectivity index (χ3n) is 1.26.